The van der Waals surface area contributed by atoms with E-state index in [1.165, 1.54) is 24.4 Å². The van der Waals surface area contributed by atoms with E-state index in [0.29, 0.717) is 5.39 Å². The SMILES string of the molecule is NC(=O)c1cc2cccnc2n1S(=O)(=O)c1ccccc1. The van der Waals surface area contributed by atoms with Crippen molar-refractivity contribution in [3.05, 3.63) is 60.4 Å². The lowest BCUT2D eigenvalue weighted by Gasteiger charge is -2.09. The van der Waals surface area contributed by atoms with Crippen LogP contribution >= 0.6 is 0 Å². The van der Waals surface area contributed by atoms with Gasteiger partial charge in [0.15, 0.2) is 5.65 Å². The van der Waals surface area contributed by atoms with E-state index in [9.17, 15) is 13.2 Å². The number of amides is 1. The third kappa shape index (κ3) is 2.07. The van der Waals surface area contributed by atoms with Crippen LogP contribution in [0.4, 0.5) is 0 Å². The number of nitrogens with zero attached hydrogens (tertiary/aromatic N) is 2. The largest absolute Gasteiger partial charge is 0.364 e. The van der Waals surface area contributed by atoms with Crippen LogP contribution < -0.4 is 5.73 Å². The molecule has 3 rings (SSSR count). The van der Waals surface area contributed by atoms with Crippen LogP contribution in [-0.2, 0) is 10.0 Å². The van der Waals surface area contributed by atoms with Gasteiger partial charge < -0.3 is 5.73 Å². The Hall–Kier alpha value is -2.67. The van der Waals surface area contributed by atoms with Gasteiger partial charge in [0.05, 0.1) is 4.90 Å². The van der Waals surface area contributed by atoms with Crippen LogP contribution in [0.15, 0.2) is 59.6 Å². The molecular formula is C14H11N3O3S. The van der Waals surface area contributed by atoms with Gasteiger partial charge in [0.25, 0.3) is 15.9 Å². The number of carbonyl (C=O) groups is 1. The first-order chi connectivity index (χ1) is 10.0. The maximum atomic E-state index is 12.7. The van der Waals surface area contributed by atoms with Crippen molar-refractivity contribution >= 4 is 27.0 Å². The number of pyridine rings is 1. The van der Waals surface area contributed by atoms with Gasteiger partial charge in [-0.1, -0.05) is 18.2 Å². The molecule has 0 atom stereocenters. The van der Waals surface area contributed by atoms with Crippen molar-refractivity contribution in [1.82, 2.24) is 8.96 Å². The molecule has 0 radical (unpaired) electrons. The molecule has 1 amide bonds. The van der Waals surface area contributed by atoms with Gasteiger partial charge in [0, 0.05) is 11.6 Å². The Bertz CT molecular complexity index is 931. The zero-order valence-corrected chi connectivity index (χ0v) is 11.6. The minimum Gasteiger partial charge on any atom is -0.364 e. The van der Waals surface area contributed by atoms with E-state index >= 15 is 0 Å². The molecule has 2 N–H and O–H groups in total. The zero-order chi connectivity index (χ0) is 15.0. The summed E-state index contributed by atoms with van der Waals surface area (Å²) in [7, 11) is -3.94. The van der Waals surface area contributed by atoms with E-state index in [2.05, 4.69) is 4.98 Å². The highest BCUT2D eigenvalue weighted by atomic mass is 32.2. The van der Waals surface area contributed by atoms with Crippen molar-refractivity contribution in [1.29, 1.82) is 0 Å². The fourth-order valence-electron chi connectivity index (χ4n) is 2.12. The number of primary amides is 1. The second kappa shape index (κ2) is 4.71. The van der Waals surface area contributed by atoms with Crippen molar-refractivity contribution in [2.24, 2.45) is 5.73 Å². The van der Waals surface area contributed by atoms with Gasteiger partial charge in [0.1, 0.15) is 5.69 Å². The predicted molar refractivity (Wildman–Crippen MR) is 77.3 cm³/mol. The molecule has 21 heavy (non-hydrogen) atoms. The maximum absolute atomic E-state index is 12.7. The summed E-state index contributed by atoms with van der Waals surface area (Å²) in [4.78, 5) is 15.7. The quantitative estimate of drug-likeness (QED) is 0.790. The Morgan fingerprint density at radius 1 is 1.10 bits per heavy atom. The molecule has 106 valence electrons. The van der Waals surface area contributed by atoms with Crippen molar-refractivity contribution in [2.75, 3.05) is 0 Å². The monoisotopic (exact) mass is 301 g/mol. The molecule has 7 heteroatoms. The molecule has 0 aliphatic heterocycles. The van der Waals surface area contributed by atoms with Crippen LogP contribution in [-0.4, -0.2) is 23.3 Å². The van der Waals surface area contributed by atoms with Gasteiger partial charge in [-0.15, -0.1) is 0 Å². The first-order valence-corrected chi connectivity index (χ1v) is 7.53. The second-order valence-electron chi connectivity index (χ2n) is 4.39. The molecular weight excluding hydrogens is 290 g/mol. The van der Waals surface area contributed by atoms with Crippen LogP contribution in [0.5, 0.6) is 0 Å². The molecule has 1 aromatic carbocycles. The second-order valence-corrected chi connectivity index (χ2v) is 6.18. The number of rotatable bonds is 3. The smallest absolute Gasteiger partial charge is 0.270 e. The van der Waals surface area contributed by atoms with Gasteiger partial charge in [-0.05, 0) is 30.3 Å². The standard InChI is InChI=1S/C14H11N3O3S/c15-13(18)12-9-10-5-4-8-16-14(10)17(12)21(19,20)11-6-2-1-3-7-11/h1-9H,(H2,15,18). The normalized spacial score (nSPS) is 11.6. The van der Waals surface area contributed by atoms with Crippen molar-refractivity contribution in [3.8, 4) is 0 Å². The Morgan fingerprint density at radius 2 is 1.81 bits per heavy atom. The molecule has 0 fully saturated rings. The minimum atomic E-state index is -3.94. The summed E-state index contributed by atoms with van der Waals surface area (Å²) >= 11 is 0. The van der Waals surface area contributed by atoms with E-state index in [0.717, 1.165) is 3.97 Å². The molecule has 0 saturated heterocycles. The van der Waals surface area contributed by atoms with E-state index < -0.39 is 15.9 Å². The van der Waals surface area contributed by atoms with Crippen LogP contribution in [0.2, 0.25) is 0 Å². The Kier molecular flexibility index (Phi) is 2.99. The molecule has 0 spiro atoms. The number of carbonyl (C=O) groups excluding carboxylic acids is 1. The van der Waals surface area contributed by atoms with Gasteiger partial charge >= 0.3 is 0 Å². The molecule has 0 saturated carbocycles. The van der Waals surface area contributed by atoms with Crippen molar-refractivity contribution < 1.29 is 13.2 Å². The molecule has 0 unspecified atom stereocenters. The third-order valence-electron chi connectivity index (χ3n) is 3.05. The molecule has 6 nitrogen and oxygen atoms in total. The highest BCUT2D eigenvalue weighted by molar-refractivity contribution is 7.90. The lowest BCUT2D eigenvalue weighted by atomic mass is 10.3. The summed E-state index contributed by atoms with van der Waals surface area (Å²) in [5.41, 5.74) is 5.36. The molecule has 2 heterocycles. The number of benzene rings is 1. The predicted octanol–water partition coefficient (Wildman–Crippen LogP) is 1.37. The summed E-state index contributed by atoms with van der Waals surface area (Å²) in [5, 5.41) is 0.533. The number of nitrogens with two attached hydrogens (primary N) is 1. The van der Waals surface area contributed by atoms with Gasteiger partial charge in [-0.2, -0.15) is 0 Å². The molecule has 3 aromatic rings. The Morgan fingerprint density at radius 3 is 2.48 bits per heavy atom. The summed E-state index contributed by atoms with van der Waals surface area (Å²) in [6.07, 6.45) is 1.46. The Labute approximate surface area is 120 Å². The molecule has 0 aliphatic carbocycles. The summed E-state index contributed by atoms with van der Waals surface area (Å²) in [6.45, 7) is 0. The first kappa shape index (κ1) is 13.3. The van der Waals surface area contributed by atoms with E-state index in [1.807, 2.05) is 0 Å². The molecule has 2 aromatic heterocycles. The van der Waals surface area contributed by atoms with Crippen LogP contribution in [0.1, 0.15) is 10.5 Å². The van der Waals surface area contributed by atoms with Gasteiger partial charge in [-0.25, -0.2) is 17.4 Å². The highest BCUT2D eigenvalue weighted by Crippen LogP contribution is 2.23. The lowest BCUT2D eigenvalue weighted by molar-refractivity contribution is 0.0995. The molecule has 0 aliphatic rings. The summed E-state index contributed by atoms with van der Waals surface area (Å²) < 4.78 is 26.4. The maximum Gasteiger partial charge on any atom is 0.270 e. The lowest BCUT2D eigenvalue weighted by Crippen LogP contribution is -2.22. The fraction of sp³-hybridized carbons (Fsp3) is 0. The first-order valence-electron chi connectivity index (χ1n) is 6.09. The number of hydrogen-bond donors (Lipinski definition) is 1. The number of aromatic nitrogens is 2. The van der Waals surface area contributed by atoms with E-state index in [-0.39, 0.29) is 16.2 Å². The zero-order valence-electron chi connectivity index (χ0n) is 10.8. The van der Waals surface area contributed by atoms with Gasteiger partial charge in [-0.3, -0.25) is 4.79 Å². The fourth-order valence-corrected chi connectivity index (χ4v) is 3.62. The van der Waals surface area contributed by atoms with E-state index in [4.69, 9.17) is 5.73 Å². The average molecular weight is 301 g/mol. The number of hydrogen-bond acceptors (Lipinski definition) is 4. The number of fused-ring (bicyclic) bond motifs is 1. The molecule has 0 bridgehead atoms. The summed E-state index contributed by atoms with van der Waals surface area (Å²) in [6, 6.07) is 12.6. The highest BCUT2D eigenvalue weighted by Gasteiger charge is 2.25. The van der Waals surface area contributed by atoms with Crippen molar-refractivity contribution in [2.45, 2.75) is 4.90 Å². The van der Waals surface area contributed by atoms with Crippen LogP contribution in [0.25, 0.3) is 11.0 Å². The summed E-state index contributed by atoms with van der Waals surface area (Å²) in [5.74, 6) is -0.826. The van der Waals surface area contributed by atoms with Crippen LogP contribution in [0, 0.1) is 0 Å². The minimum absolute atomic E-state index is 0.0654. The van der Waals surface area contributed by atoms with E-state index in [1.54, 1.807) is 30.3 Å². The van der Waals surface area contributed by atoms with Gasteiger partial charge in [0.2, 0.25) is 0 Å². The third-order valence-corrected chi connectivity index (χ3v) is 4.77. The average Bonchev–Trinajstić information content (AvgIpc) is 2.88. The topological polar surface area (TPSA) is 95.1 Å². The van der Waals surface area contributed by atoms with Crippen molar-refractivity contribution in [3.63, 3.8) is 0 Å². The Balaban J connectivity index is 2.39. The van der Waals surface area contributed by atoms with Crippen LogP contribution in [0.3, 0.4) is 0 Å².